The highest BCUT2D eigenvalue weighted by molar-refractivity contribution is 9.10. The molecule has 0 aliphatic carbocycles. The number of halogens is 1. The van der Waals surface area contributed by atoms with Crippen molar-refractivity contribution < 1.29 is 4.79 Å². The lowest BCUT2D eigenvalue weighted by atomic mass is 10.1. The molecule has 98 valence electrons. The van der Waals surface area contributed by atoms with Crippen LogP contribution in [0.1, 0.15) is 29.3 Å². The highest BCUT2D eigenvalue weighted by Crippen LogP contribution is 2.21. The van der Waals surface area contributed by atoms with Crippen molar-refractivity contribution in [2.24, 2.45) is 0 Å². The average Bonchev–Trinajstić information content (AvgIpc) is 2.28. The van der Waals surface area contributed by atoms with Gasteiger partial charge < -0.3 is 10.2 Å². The Kier molecular flexibility index (Phi) is 4.40. The number of carbonyl (C=O) groups is 1. The van der Waals surface area contributed by atoms with Gasteiger partial charge in [0.25, 0.3) is 5.91 Å². The molecule has 0 unspecified atom stereocenters. The van der Waals surface area contributed by atoms with Crippen LogP contribution in [0.25, 0.3) is 0 Å². The van der Waals surface area contributed by atoms with Gasteiger partial charge in [-0.2, -0.15) is 0 Å². The van der Waals surface area contributed by atoms with Gasteiger partial charge in [0.1, 0.15) is 0 Å². The monoisotopic (exact) mass is 310 g/mol. The fraction of sp³-hybridized carbons (Fsp3) is 0.500. The minimum atomic E-state index is 0.138. The molecule has 1 amide bonds. The topological polar surface area (TPSA) is 32.3 Å². The number of nitrogens with zero attached hydrogens (tertiary/aromatic N) is 1. The predicted molar refractivity (Wildman–Crippen MR) is 76.9 cm³/mol. The number of aryl methyl sites for hydroxylation is 1. The third-order valence-corrected chi connectivity index (χ3v) is 3.97. The SMILES string of the molecule is CCCN(C(=O)c1cc(C)ccc1Br)C1CNC1. The Morgan fingerprint density at radius 3 is 2.78 bits per heavy atom. The third kappa shape index (κ3) is 2.75. The molecular formula is C14H19BrN2O. The number of nitrogens with one attached hydrogen (secondary N) is 1. The number of hydrogen-bond acceptors (Lipinski definition) is 2. The first kappa shape index (κ1) is 13.6. The lowest BCUT2D eigenvalue weighted by Gasteiger charge is -2.38. The molecule has 1 aliphatic heterocycles. The van der Waals surface area contributed by atoms with Crippen LogP contribution in [0, 0.1) is 6.92 Å². The van der Waals surface area contributed by atoms with Crippen LogP contribution in [-0.2, 0) is 0 Å². The van der Waals surface area contributed by atoms with E-state index < -0.39 is 0 Å². The van der Waals surface area contributed by atoms with E-state index in [1.807, 2.05) is 30.0 Å². The van der Waals surface area contributed by atoms with Crippen molar-refractivity contribution in [3.63, 3.8) is 0 Å². The Morgan fingerprint density at radius 1 is 1.50 bits per heavy atom. The summed E-state index contributed by atoms with van der Waals surface area (Å²) in [5, 5.41) is 3.23. The second kappa shape index (κ2) is 5.85. The summed E-state index contributed by atoms with van der Waals surface area (Å²) in [4.78, 5) is 14.6. The van der Waals surface area contributed by atoms with E-state index in [2.05, 4.69) is 28.2 Å². The van der Waals surface area contributed by atoms with E-state index in [-0.39, 0.29) is 5.91 Å². The van der Waals surface area contributed by atoms with Crippen molar-refractivity contribution in [1.82, 2.24) is 10.2 Å². The number of benzene rings is 1. The number of amides is 1. The zero-order chi connectivity index (χ0) is 13.1. The summed E-state index contributed by atoms with van der Waals surface area (Å²) in [6.07, 6.45) is 0.992. The number of hydrogen-bond donors (Lipinski definition) is 1. The van der Waals surface area contributed by atoms with Gasteiger partial charge >= 0.3 is 0 Å². The van der Waals surface area contributed by atoms with Crippen molar-refractivity contribution >= 4 is 21.8 Å². The summed E-state index contributed by atoms with van der Waals surface area (Å²) >= 11 is 3.48. The van der Waals surface area contributed by atoms with E-state index >= 15 is 0 Å². The first-order valence-corrected chi connectivity index (χ1v) is 7.20. The molecule has 4 heteroatoms. The highest BCUT2D eigenvalue weighted by atomic mass is 79.9. The van der Waals surface area contributed by atoms with Crippen LogP contribution in [0.5, 0.6) is 0 Å². The maximum Gasteiger partial charge on any atom is 0.255 e. The van der Waals surface area contributed by atoms with E-state index in [0.717, 1.165) is 41.7 Å². The predicted octanol–water partition coefficient (Wildman–Crippen LogP) is 2.58. The van der Waals surface area contributed by atoms with Crippen LogP contribution in [0.15, 0.2) is 22.7 Å². The maximum atomic E-state index is 12.6. The Morgan fingerprint density at radius 2 is 2.22 bits per heavy atom. The molecule has 0 radical (unpaired) electrons. The molecule has 1 fully saturated rings. The quantitative estimate of drug-likeness (QED) is 0.927. The van der Waals surface area contributed by atoms with Gasteiger partial charge in [0.15, 0.2) is 0 Å². The zero-order valence-electron chi connectivity index (χ0n) is 10.9. The normalized spacial score (nSPS) is 15.3. The van der Waals surface area contributed by atoms with E-state index in [1.165, 1.54) is 0 Å². The van der Waals surface area contributed by atoms with E-state index in [9.17, 15) is 4.79 Å². The van der Waals surface area contributed by atoms with Crippen LogP contribution in [-0.4, -0.2) is 36.5 Å². The van der Waals surface area contributed by atoms with Gasteiger partial charge in [0.05, 0.1) is 11.6 Å². The number of carbonyl (C=O) groups excluding carboxylic acids is 1. The second-order valence-electron chi connectivity index (χ2n) is 4.79. The molecule has 0 atom stereocenters. The summed E-state index contributed by atoms with van der Waals surface area (Å²) in [7, 11) is 0. The first-order chi connectivity index (χ1) is 8.63. The summed E-state index contributed by atoms with van der Waals surface area (Å²) in [6, 6.07) is 6.27. The summed E-state index contributed by atoms with van der Waals surface area (Å²) in [5.74, 6) is 0.138. The minimum Gasteiger partial charge on any atom is -0.333 e. The lowest BCUT2D eigenvalue weighted by Crippen LogP contribution is -2.59. The maximum absolute atomic E-state index is 12.6. The molecule has 1 heterocycles. The molecule has 1 aliphatic rings. The van der Waals surface area contributed by atoms with Crippen molar-refractivity contribution in [1.29, 1.82) is 0 Å². The van der Waals surface area contributed by atoms with E-state index in [4.69, 9.17) is 0 Å². The smallest absolute Gasteiger partial charge is 0.255 e. The molecule has 0 saturated carbocycles. The fourth-order valence-corrected chi connectivity index (χ4v) is 2.56. The van der Waals surface area contributed by atoms with Gasteiger partial charge in [-0.3, -0.25) is 4.79 Å². The molecule has 1 saturated heterocycles. The van der Waals surface area contributed by atoms with Crippen LogP contribution < -0.4 is 5.32 Å². The van der Waals surface area contributed by atoms with Gasteiger partial charge in [-0.05, 0) is 41.4 Å². The Labute approximate surface area is 117 Å². The average molecular weight is 311 g/mol. The molecule has 0 spiro atoms. The Bertz CT molecular complexity index is 443. The van der Waals surface area contributed by atoms with Crippen LogP contribution in [0.4, 0.5) is 0 Å². The second-order valence-corrected chi connectivity index (χ2v) is 5.65. The standard InChI is InChI=1S/C14H19BrN2O/c1-3-6-17(11-8-16-9-11)14(18)12-7-10(2)4-5-13(12)15/h4-5,7,11,16H,3,6,8-9H2,1-2H3. The van der Waals surface area contributed by atoms with Crippen molar-refractivity contribution in [3.8, 4) is 0 Å². The number of rotatable bonds is 4. The van der Waals surface area contributed by atoms with Gasteiger partial charge in [0.2, 0.25) is 0 Å². The van der Waals surface area contributed by atoms with Crippen LogP contribution in [0.2, 0.25) is 0 Å². The van der Waals surface area contributed by atoms with Crippen LogP contribution >= 0.6 is 15.9 Å². The largest absolute Gasteiger partial charge is 0.333 e. The van der Waals surface area contributed by atoms with Gasteiger partial charge in [-0.25, -0.2) is 0 Å². The Hall–Kier alpha value is -0.870. The third-order valence-electron chi connectivity index (χ3n) is 3.28. The van der Waals surface area contributed by atoms with Crippen molar-refractivity contribution in [2.75, 3.05) is 19.6 Å². The van der Waals surface area contributed by atoms with Crippen molar-refractivity contribution in [2.45, 2.75) is 26.3 Å². The molecular weight excluding hydrogens is 292 g/mol. The minimum absolute atomic E-state index is 0.138. The summed E-state index contributed by atoms with van der Waals surface area (Å²) < 4.78 is 0.881. The molecule has 0 aromatic heterocycles. The summed E-state index contributed by atoms with van der Waals surface area (Å²) in [5.41, 5.74) is 1.89. The van der Waals surface area contributed by atoms with Gasteiger partial charge in [-0.15, -0.1) is 0 Å². The highest BCUT2D eigenvalue weighted by Gasteiger charge is 2.29. The zero-order valence-corrected chi connectivity index (χ0v) is 12.5. The van der Waals surface area contributed by atoms with Crippen molar-refractivity contribution in [3.05, 3.63) is 33.8 Å². The first-order valence-electron chi connectivity index (χ1n) is 6.41. The fourth-order valence-electron chi connectivity index (χ4n) is 2.14. The molecule has 1 aromatic rings. The van der Waals surface area contributed by atoms with E-state index in [1.54, 1.807) is 0 Å². The Balaban J connectivity index is 2.23. The molecule has 18 heavy (non-hydrogen) atoms. The van der Waals surface area contributed by atoms with Crippen LogP contribution in [0.3, 0.4) is 0 Å². The summed E-state index contributed by atoms with van der Waals surface area (Å²) in [6.45, 7) is 6.77. The van der Waals surface area contributed by atoms with Gasteiger partial charge in [-0.1, -0.05) is 18.6 Å². The molecule has 3 nitrogen and oxygen atoms in total. The molecule has 1 aromatic carbocycles. The van der Waals surface area contributed by atoms with E-state index in [0.29, 0.717) is 6.04 Å². The lowest BCUT2D eigenvalue weighted by molar-refractivity contribution is 0.0614. The molecule has 1 N–H and O–H groups in total. The van der Waals surface area contributed by atoms with Gasteiger partial charge in [0, 0.05) is 24.1 Å². The molecule has 2 rings (SSSR count). The molecule has 0 bridgehead atoms.